The lowest BCUT2D eigenvalue weighted by atomic mass is 10.0. The second-order valence-corrected chi connectivity index (χ2v) is 5.55. The Morgan fingerprint density at radius 1 is 1.28 bits per heavy atom. The Kier molecular flexibility index (Phi) is 5.48. The van der Waals surface area contributed by atoms with Crippen LogP contribution in [0.4, 0.5) is 5.69 Å². The summed E-state index contributed by atoms with van der Waals surface area (Å²) in [7, 11) is 1.24. The van der Waals surface area contributed by atoms with Gasteiger partial charge in [0.15, 0.2) is 5.76 Å². The molecule has 0 aliphatic carbocycles. The predicted octanol–water partition coefficient (Wildman–Crippen LogP) is 2.18. The number of ether oxygens (including phenoxy) is 1. The van der Waals surface area contributed by atoms with Crippen LogP contribution >= 0.6 is 0 Å². The molecule has 0 aliphatic rings. The van der Waals surface area contributed by atoms with Crippen LogP contribution < -0.4 is 5.32 Å². The number of hydrogen-bond acceptors (Lipinski definition) is 7. The number of oxazole rings is 1. The summed E-state index contributed by atoms with van der Waals surface area (Å²) in [6.45, 7) is 3.53. The number of aromatic nitrogens is 1. The Labute approximate surface area is 143 Å². The number of hydrogen-bond donors (Lipinski definition) is 1. The molecule has 0 spiro atoms. The normalized spacial score (nSPS) is 11.8. The van der Waals surface area contributed by atoms with Gasteiger partial charge in [0, 0.05) is 17.7 Å². The molecular weight excluding hydrogens is 330 g/mol. The third-order valence-corrected chi connectivity index (χ3v) is 3.47. The highest BCUT2D eigenvalue weighted by molar-refractivity contribution is 5.93. The summed E-state index contributed by atoms with van der Waals surface area (Å²) in [6, 6.07) is 4.80. The third-order valence-electron chi connectivity index (χ3n) is 3.47. The van der Waals surface area contributed by atoms with Crippen molar-refractivity contribution in [2.45, 2.75) is 19.9 Å². The number of nitrogens with zero attached hydrogens (tertiary/aromatic N) is 2. The van der Waals surface area contributed by atoms with Crippen LogP contribution in [-0.2, 0) is 9.53 Å². The van der Waals surface area contributed by atoms with E-state index in [4.69, 9.17) is 4.42 Å². The molecule has 1 N–H and O–H groups in total. The topological polar surface area (TPSA) is 125 Å². The number of nitrogens with one attached hydrogen (secondary N) is 1. The molecule has 0 radical (unpaired) electrons. The zero-order valence-electron chi connectivity index (χ0n) is 13.9. The second kappa shape index (κ2) is 7.56. The van der Waals surface area contributed by atoms with E-state index in [-0.39, 0.29) is 23.3 Å². The van der Waals surface area contributed by atoms with E-state index in [9.17, 15) is 19.7 Å². The highest BCUT2D eigenvalue weighted by atomic mass is 16.6. The van der Waals surface area contributed by atoms with Gasteiger partial charge in [-0.3, -0.25) is 14.9 Å². The summed E-state index contributed by atoms with van der Waals surface area (Å²) in [5.41, 5.74) is 0.476. The summed E-state index contributed by atoms with van der Waals surface area (Å²) >= 11 is 0. The van der Waals surface area contributed by atoms with Crippen molar-refractivity contribution >= 4 is 17.6 Å². The van der Waals surface area contributed by atoms with Crippen LogP contribution in [0.2, 0.25) is 0 Å². The lowest BCUT2D eigenvalue weighted by Gasteiger charge is -2.18. The number of carbonyl (C=O) groups is 2. The van der Waals surface area contributed by atoms with E-state index in [1.807, 2.05) is 0 Å². The molecular formula is C16H17N3O6. The van der Waals surface area contributed by atoms with Crippen molar-refractivity contribution in [1.29, 1.82) is 0 Å². The number of esters is 1. The number of methoxy groups -OCH3 is 1. The van der Waals surface area contributed by atoms with Gasteiger partial charge in [0.2, 0.25) is 0 Å². The van der Waals surface area contributed by atoms with Crippen LogP contribution in [0.25, 0.3) is 11.3 Å². The molecule has 0 fully saturated rings. The van der Waals surface area contributed by atoms with E-state index in [2.05, 4.69) is 15.0 Å². The fraction of sp³-hybridized carbons (Fsp3) is 0.312. The zero-order chi connectivity index (χ0) is 18.6. The lowest BCUT2D eigenvalue weighted by molar-refractivity contribution is -0.384. The Bertz CT molecular complexity index is 781. The van der Waals surface area contributed by atoms with E-state index in [1.165, 1.54) is 37.6 Å². The van der Waals surface area contributed by atoms with Crippen LogP contribution in [-0.4, -0.2) is 34.9 Å². The molecule has 2 aromatic rings. The standard InChI is InChI=1S/C16H17N3O6/c1-9(2)13(16(21)24-3)18-14(20)15-17-8-12(25-15)10-4-6-11(7-5-10)19(22)23/h4-9,13H,1-3H3,(H,18,20)/t13-/m0/s1. The largest absolute Gasteiger partial charge is 0.467 e. The lowest BCUT2D eigenvalue weighted by Crippen LogP contribution is -2.45. The van der Waals surface area contributed by atoms with Gasteiger partial charge in [0.05, 0.1) is 18.2 Å². The highest BCUT2D eigenvalue weighted by Gasteiger charge is 2.27. The van der Waals surface area contributed by atoms with E-state index < -0.39 is 22.8 Å². The maximum absolute atomic E-state index is 12.2. The summed E-state index contributed by atoms with van der Waals surface area (Å²) < 4.78 is 10.0. The molecule has 9 heteroatoms. The highest BCUT2D eigenvalue weighted by Crippen LogP contribution is 2.23. The van der Waals surface area contributed by atoms with Crippen LogP contribution in [0, 0.1) is 16.0 Å². The van der Waals surface area contributed by atoms with Crippen LogP contribution in [0.15, 0.2) is 34.9 Å². The molecule has 0 saturated carbocycles. The molecule has 9 nitrogen and oxygen atoms in total. The molecule has 0 bridgehead atoms. The van der Waals surface area contributed by atoms with E-state index in [1.54, 1.807) is 13.8 Å². The van der Waals surface area contributed by atoms with Gasteiger partial charge in [-0.1, -0.05) is 13.8 Å². The van der Waals surface area contributed by atoms with Crippen molar-refractivity contribution in [3.05, 3.63) is 46.5 Å². The van der Waals surface area contributed by atoms with E-state index in [0.717, 1.165) is 0 Å². The Hall–Kier alpha value is -3.23. The molecule has 1 aromatic carbocycles. The molecule has 1 atom stereocenters. The van der Waals surface area contributed by atoms with Gasteiger partial charge in [-0.25, -0.2) is 9.78 Å². The SMILES string of the molecule is COC(=O)[C@@H](NC(=O)c1ncc(-c2ccc([N+](=O)[O-])cc2)o1)C(C)C. The number of non-ortho nitro benzene ring substituents is 1. The first-order valence-electron chi connectivity index (χ1n) is 7.42. The number of amides is 1. The Morgan fingerprint density at radius 2 is 1.92 bits per heavy atom. The first-order valence-corrected chi connectivity index (χ1v) is 7.42. The van der Waals surface area contributed by atoms with E-state index in [0.29, 0.717) is 5.56 Å². The monoisotopic (exact) mass is 347 g/mol. The number of nitro benzene ring substituents is 1. The molecule has 0 unspecified atom stereocenters. The Morgan fingerprint density at radius 3 is 2.44 bits per heavy atom. The maximum atomic E-state index is 12.2. The van der Waals surface area contributed by atoms with Gasteiger partial charge < -0.3 is 14.5 Å². The van der Waals surface area contributed by atoms with Crippen molar-refractivity contribution in [1.82, 2.24) is 10.3 Å². The number of rotatable bonds is 6. The molecule has 0 aliphatic heterocycles. The summed E-state index contributed by atoms with van der Waals surface area (Å²) in [5.74, 6) is -1.34. The molecule has 2 rings (SSSR count). The van der Waals surface area contributed by atoms with Crippen molar-refractivity contribution in [2.75, 3.05) is 7.11 Å². The molecule has 25 heavy (non-hydrogen) atoms. The quantitative estimate of drug-likeness (QED) is 0.482. The van der Waals surface area contributed by atoms with Gasteiger partial charge >= 0.3 is 11.9 Å². The average Bonchev–Trinajstić information content (AvgIpc) is 3.08. The molecule has 132 valence electrons. The summed E-state index contributed by atoms with van der Waals surface area (Å²) in [4.78, 5) is 37.9. The van der Waals surface area contributed by atoms with Crippen LogP contribution in [0.3, 0.4) is 0 Å². The second-order valence-electron chi connectivity index (χ2n) is 5.55. The van der Waals surface area contributed by atoms with Crippen LogP contribution in [0.5, 0.6) is 0 Å². The first-order chi connectivity index (χ1) is 11.8. The van der Waals surface area contributed by atoms with Gasteiger partial charge in [-0.15, -0.1) is 0 Å². The minimum Gasteiger partial charge on any atom is -0.467 e. The van der Waals surface area contributed by atoms with Crippen LogP contribution in [0.1, 0.15) is 24.5 Å². The van der Waals surface area contributed by atoms with Crippen molar-refractivity contribution in [3.63, 3.8) is 0 Å². The molecule has 1 aromatic heterocycles. The average molecular weight is 347 g/mol. The Balaban J connectivity index is 2.15. The first kappa shape index (κ1) is 18.1. The van der Waals surface area contributed by atoms with Crippen molar-refractivity contribution in [2.24, 2.45) is 5.92 Å². The fourth-order valence-electron chi connectivity index (χ4n) is 2.09. The number of carbonyl (C=O) groups excluding carboxylic acids is 2. The number of benzene rings is 1. The predicted molar refractivity (Wildman–Crippen MR) is 86.7 cm³/mol. The fourth-order valence-corrected chi connectivity index (χ4v) is 2.09. The van der Waals surface area contributed by atoms with Gasteiger partial charge in [-0.2, -0.15) is 0 Å². The molecule has 1 heterocycles. The van der Waals surface area contributed by atoms with Crippen molar-refractivity contribution < 1.29 is 23.7 Å². The smallest absolute Gasteiger partial charge is 0.328 e. The summed E-state index contributed by atoms with van der Waals surface area (Å²) in [5, 5.41) is 13.2. The minimum absolute atomic E-state index is 0.0564. The summed E-state index contributed by atoms with van der Waals surface area (Å²) in [6.07, 6.45) is 1.33. The third kappa shape index (κ3) is 4.19. The van der Waals surface area contributed by atoms with E-state index >= 15 is 0 Å². The maximum Gasteiger partial charge on any atom is 0.328 e. The molecule has 1 amide bonds. The van der Waals surface area contributed by atoms with Gasteiger partial charge in [0.25, 0.3) is 11.6 Å². The zero-order valence-corrected chi connectivity index (χ0v) is 13.9. The van der Waals surface area contributed by atoms with Gasteiger partial charge in [-0.05, 0) is 18.1 Å². The number of nitro groups is 1. The molecule has 0 saturated heterocycles. The van der Waals surface area contributed by atoms with Gasteiger partial charge in [0.1, 0.15) is 6.04 Å². The minimum atomic E-state index is -0.827. The van der Waals surface area contributed by atoms with Crippen molar-refractivity contribution in [3.8, 4) is 11.3 Å².